The zero-order chi connectivity index (χ0) is 21.9. The molecule has 1 saturated heterocycles. The monoisotopic (exact) mass is 431 g/mol. The first kappa shape index (κ1) is 22.1. The van der Waals surface area contributed by atoms with Crippen LogP contribution in [-0.4, -0.2) is 40.1 Å². The lowest BCUT2D eigenvalue weighted by atomic mass is 10.1. The van der Waals surface area contributed by atoms with Gasteiger partial charge in [0.25, 0.3) is 5.91 Å². The normalized spacial score (nSPS) is 14.6. The Morgan fingerprint density at radius 1 is 1.07 bits per heavy atom. The van der Waals surface area contributed by atoms with Crippen molar-refractivity contribution in [3.05, 3.63) is 48.0 Å². The number of hydrogen-bond acceptors (Lipinski definition) is 5. The predicted octanol–water partition coefficient (Wildman–Crippen LogP) is 3.62. The number of ether oxygens (including phenoxy) is 1. The molecule has 0 saturated carbocycles. The summed E-state index contributed by atoms with van der Waals surface area (Å²) in [5, 5.41) is 2.93. The van der Waals surface area contributed by atoms with Crippen LogP contribution in [0.25, 0.3) is 0 Å². The van der Waals surface area contributed by atoms with Crippen LogP contribution in [0.2, 0.25) is 0 Å². The van der Waals surface area contributed by atoms with Gasteiger partial charge in [-0.2, -0.15) is 0 Å². The highest BCUT2D eigenvalue weighted by Crippen LogP contribution is 2.30. The van der Waals surface area contributed by atoms with Crippen LogP contribution < -0.4 is 19.7 Å². The van der Waals surface area contributed by atoms with Crippen LogP contribution in [0.5, 0.6) is 5.75 Å². The Hall–Kier alpha value is -2.58. The fourth-order valence-corrected chi connectivity index (χ4v) is 5.11. The molecule has 2 aromatic carbocycles. The number of carbonyl (C=O) groups is 1. The summed E-state index contributed by atoms with van der Waals surface area (Å²) in [6.45, 7) is 7.17. The van der Waals surface area contributed by atoms with Gasteiger partial charge in [0.2, 0.25) is 10.0 Å². The van der Waals surface area contributed by atoms with Gasteiger partial charge < -0.3 is 15.0 Å². The van der Waals surface area contributed by atoms with Crippen LogP contribution in [0.15, 0.2) is 47.4 Å². The Morgan fingerprint density at radius 3 is 2.37 bits per heavy atom. The fourth-order valence-electron chi connectivity index (χ4n) is 3.49. The molecule has 0 aliphatic carbocycles. The lowest BCUT2D eigenvalue weighted by Crippen LogP contribution is -2.40. The summed E-state index contributed by atoms with van der Waals surface area (Å²) in [5.41, 5.74) is 1.24. The molecule has 0 atom stereocenters. The largest absolute Gasteiger partial charge is 0.495 e. The van der Waals surface area contributed by atoms with E-state index in [1.54, 1.807) is 26.8 Å². The fraction of sp³-hybridized carbons (Fsp3) is 0.409. The number of nitrogens with zero attached hydrogens (tertiary/aromatic N) is 1. The molecule has 7 nitrogen and oxygen atoms in total. The molecule has 0 aromatic heterocycles. The van der Waals surface area contributed by atoms with E-state index in [0.717, 1.165) is 31.6 Å². The number of sulfonamides is 1. The summed E-state index contributed by atoms with van der Waals surface area (Å²) >= 11 is 0. The Morgan fingerprint density at radius 2 is 1.73 bits per heavy atom. The van der Waals surface area contributed by atoms with Gasteiger partial charge in [-0.15, -0.1) is 0 Å². The van der Waals surface area contributed by atoms with E-state index in [0.29, 0.717) is 5.69 Å². The lowest BCUT2D eigenvalue weighted by Gasteiger charge is -2.22. The highest BCUT2D eigenvalue weighted by molar-refractivity contribution is 7.89. The van der Waals surface area contributed by atoms with Gasteiger partial charge in [0.15, 0.2) is 0 Å². The van der Waals surface area contributed by atoms with Crippen LogP contribution in [0.4, 0.5) is 11.4 Å². The Labute approximate surface area is 178 Å². The van der Waals surface area contributed by atoms with Gasteiger partial charge >= 0.3 is 0 Å². The smallest absolute Gasteiger partial charge is 0.255 e. The third-order valence-electron chi connectivity index (χ3n) is 4.75. The highest BCUT2D eigenvalue weighted by Gasteiger charge is 2.26. The molecule has 0 radical (unpaired) electrons. The molecule has 1 aliphatic rings. The standard InChI is InChI=1S/C22H29N3O4S/c1-22(2,3)24-30(27,28)20-15-16(11-12-19(20)29-4)21(26)23-17-9-5-6-10-18(17)25-13-7-8-14-25/h5-6,9-12,15,24H,7-8,13-14H2,1-4H3,(H,23,26). The first-order chi connectivity index (χ1) is 14.1. The van der Waals surface area contributed by atoms with Gasteiger partial charge in [0, 0.05) is 24.2 Å². The van der Waals surface area contributed by atoms with Crippen LogP contribution in [0.1, 0.15) is 44.0 Å². The molecule has 2 aromatic rings. The lowest BCUT2D eigenvalue weighted by molar-refractivity contribution is 0.102. The van der Waals surface area contributed by atoms with Crippen molar-refractivity contribution in [2.24, 2.45) is 0 Å². The van der Waals surface area contributed by atoms with E-state index in [1.165, 1.54) is 19.2 Å². The number of benzene rings is 2. The van der Waals surface area contributed by atoms with E-state index in [9.17, 15) is 13.2 Å². The molecule has 162 valence electrons. The van der Waals surface area contributed by atoms with Gasteiger partial charge in [-0.05, 0) is 63.9 Å². The van der Waals surface area contributed by atoms with E-state index in [4.69, 9.17) is 4.74 Å². The second kappa shape index (κ2) is 8.65. The number of anilines is 2. The van der Waals surface area contributed by atoms with Crippen LogP contribution in [-0.2, 0) is 10.0 Å². The average molecular weight is 432 g/mol. The number of amides is 1. The Kier molecular flexibility index (Phi) is 6.38. The Bertz CT molecular complexity index is 1020. The second-order valence-electron chi connectivity index (χ2n) is 8.39. The number of para-hydroxylation sites is 2. The summed E-state index contributed by atoms with van der Waals surface area (Å²) in [4.78, 5) is 15.1. The van der Waals surface area contributed by atoms with Crippen molar-refractivity contribution < 1.29 is 17.9 Å². The van der Waals surface area contributed by atoms with Crippen LogP contribution >= 0.6 is 0 Å². The number of nitrogens with one attached hydrogen (secondary N) is 2. The van der Waals surface area contributed by atoms with E-state index in [1.807, 2.05) is 24.3 Å². The maximum Gasteiger partial charge on any atom is 0.255 e. The maximum absolute atomic E-state index is 13.0. The van der Waals surface area contributed by atoms with Crippen molar-refractivity contribution in [2.45, 2.75) is 44.0 Å². The summed E-state index contributed by atoms with van der Waals surface area (Å²) < 4.78 is 33.5. The first-order valence-corrected chi connectivity index (χ1v) is 11.5. The zero-order valence-corrected chi connectivity index (χ0v) is 18.7. The van der Waals surface area contributed by atoms with Crippen molar-refractivity contribution in [3.63, 3.8) is 0 Å². The van der Waals surface area contributed by atoms with Gasteiger partial charge in [0.1, 0.15) is 10.6 Å². The highest BCUT2D eigenvalue weighted by atomic mass is 32.2. The first-order valence-electron chi connectivity index (χ1n) is 9.98. The third kappa shape index (κ3) is 5.12. The summed E-state index contributed by atoms with van der Waals surface area (Å²) in [6.07, 6.45) is 2.26. The van der Waals surface area contributed by atoms with Crippen molar-refractivity contribution in [1.82, 2.24) is 4.72 Å². The van der Waals surface area contributed by atoms with E-state index >= 15 is 0 Å². The number of rotatable bonds is 6. The molecule has 1 aliphatic heterocycles. The molecule has 0 spiro atoms. The van der Waals surface area contributed by atoms with E-state index in [2.05, 4.69) is 14.9 Å². The van der Waals surface area contributed by atoms with E-state index < -0.39 is 15.6 Å². The van der Waals surface area contributed by atoms with Crippen molar-refractivity contribution in [3.8, 4) is 5.75 Å². The molecule has 0 unspecified atom stereocenters. The summed E-state index contributed by atoms with van der Waals surface area (Å²) in [6, 6.07) is 12.1. The maximum atomic E-state index is 13.0. The molecule has 8 heteroatoms. The molecule has 30 heavy (non-hydrogen) atoms. The number of hydrogen-bond donors (Lipinski definition) is 2. The average Bonchev–Trinajstić information content (AvgIpc) is 3.20. The molecule has 1 heterocycles. The molecule has 2 N–H and O–H groups in total. The minimum absolute atomic E-state index is 0.0691. The van der Waals surface area contributed by atoms with Crippen molar-refractivity contribution >= 4 is 27.3 Å². The number of carbonyl (C=O) groups excluding carboxylic acids is 1. The third-order valence-corrected chi connectivity index (χ3v) is 6.53. The van der Waals surface area contributed by atoms with Crippen molar-refractivity contribution in [2.75, 3.05) is 30.4 Å². The second-order valence-corrected chi connectivity index (χ2v) is 10.0. The van der Waals surface area contributed by atoms with Crippen LogP contribution in [0, 0.1) is 0 Å². The van der Waals surface area contributed by atoms with Gasteiger partial charge in [-0.3, -0.25) is 4.79 Å². The minimum atomic E-state index is -3.87. The molecular formula is C22H29N3O4S. The quantitative estimate of drug-likeness (QED) is 0.729. The molecule has 0 bridgehead atoms. The molecule has 1 amide bonds. The number of methoxy groups -OCH3 is 1. The van der Waals surface area contributed by atoms with E-state index in [-0.39, 0.29) is 22.1 Å². The molecule has 1 fully saturated rings. The van der Waals surface area contributed by atoms with Crippen LogP contribution in [0.3, 0.4) is 0 Å². The predicted molar refractivity (Wildman–Crippen MR) is 119 cm³/mol. The van der Waals surface area contributed by atoms with Gasteiger partial charge in [0.05, 0.1) is 18.5 Å². The Balaban J connectivity index is 1.91. The zero-order valence-electron chi connectivity index (χ0n) is 17.9. The minimum Gasteiger partial charge on any atom is -0.495 e. The molecular weight excluding hydrogens is 402 g/mol. The molecule has 3 rings (SSSR count). The summed E-state index contributed by atoms with van der Waals surface area (Å²) in [5.74, 6) is -0.197. The van der Waals surface area contributed by atoms with Crippen molar-refractivity contribution in [1.29, 1.82) is 0 Å². The SMILES string of the molecule is COc1ccc(C(=O)Nc2ccccc2N2CCCC2)cc1S(=O)(=O)NC(C)(C)C. The van der Waals surface area contributed by atoms with Gasteiger partial charge in [-0.1, -0.05) is 12.1 Å². The topological polar surface area (TPSA) is 87.7 Å². The van der Waals surface area contributed by atoms with Gasteiger partial charge in [-0.25, -0.2) is 13.1 Å². The summed E-state index contributed by atoms with van der Waals surface area (Å²) in [7, 11) is -2.47.